The van der Waals surface area contributed by atoms with Crippen LogP contribution in [0.15, 0.2) is 72.9 Å². The molecule has 1 fully saturated rings. The van der Waals surface area contributed by atoms with Crippen molar-refractivity contribution >= 4 is 34.6 Å². The number of aromatic nitrogens is 2. The van der Waals surface area contributed by atoms with E-state index in [2.05, 4.69) is 40.8 Å². The van der Waals surface area contributed by atoms with Crippen molar-refractivity contribution < 1.29 is 5.11 Å². The molecular formula is C27H25ClN4OS. The maximum atomic E-state index is 10.7. The lowest BCUT2D eigenvalue weighted by Crippen LogP contribution is -2.29. The zero-order valence-electron chi connectivity index (χ0n) is 19.2. The van der Waals surface area contributed by atoms with Gasteiger partial charge in [0, 0.05) is 28.3 Å². The average molecular weight is 489 g/mol. The van der Waals surface area contributed by atoms with E-state index in [1.54, 1.807) is 12.3 Å². The predicted octanol–water partition coefficient (Wildman–Crippen LogP) is 6.33. The SMILES string of the molecule is Cc1c(Cl)cccc1-n1c(C)cc([C@H]2[C@H](c3ccccn3)NC(=S)N2c2ccccc2O)c1C. The van der Waals surface area contributed by atoms with E-state index < -0.39 is 0 Å². The monoisotopic (exact) mass is 488 g/mol. The minimum absolute atomic E-state index is 0.179. The molecule has 0 aliphatic carbocycles. The molecule has 4 aromatic rings. The largest absolute Gasteiger partial charge is 0.506 e. The highest BCUT2D eigenvalue weighted by Crippen LogP contribution is 2.46. The fraction of sp³-hybridized carbons (Fsp3) is 0.185. The second kappa shape index (κ2) is 8.78. The number of thiocarbonyl (C=S) groups is 1. The van der Waals surface area contributed by atoms with E-state index >= 15 is 0 Å². The highest BCUT2D eigenvalue weighted by Gasteiger charge is 2.43. The first-order valence-electron chi connectivity index (χ1n) is 11.1. The van der Waals surface area contributed by atoms with Crippen molar-refractivity contribution in [2.75, 3.05) is 4.90 Å². The van der Waals surface area contributed by atoms with Gasteiger partial charge in [0.1, 0.15) is 5.75 Å². The van der Waals surface area contributed by atoms with Crippen LogP contribution in [0.3, 0.4) is 0 Å². The first-order chi connectivity index (χ1) is 16.4. The smallest absolute Gasteiger partial charge is 0.174 e. The summed E-state index contributed by atoms with van der Waals surface area (Å²) in [6.07, 6.45) is 1.79. The average Bonchev–Trinajstić information content (AvgIpc) is 3.32. The Morgan fingerprint density at radius 3 is 2.44 bits per heavy atom. The molecule has 0 bridgehead atoms. The van der Waals surface area contributed by atoms with Crippen LogP contribution in [-0.2, 0) is 0 Å². The van der Waals surface area contributed by atoms with Gasteiger partial charge in [-0.2, -0.15) is 0 Å². The molecule has 5 rings (SSSR count). The van der Waals surface area contributed by atoms with Crippen molar-refractivity contribution in [1.29, 1.82) is 0 Å². The fourth-order valence-corrected chi connectivity index (χ4v) is 5.40. The number of phenols is 1. The van der Waals surface area contributed by atoms with Crippen LogP contribution in [-0.4, -0.2) is 19.8 Å². The van der Waals surface area contributed by atoms with Gasteiger partial charge in [-0.05, 0) is 86.6 Å². The number of halogens is 1. The van der Waals surface area contributed by atoms with Crippen LogP contribution < -0.4 is 10.2 Å². The summed E-state index contributed by atoms with van der Waals surface area (Å²) in [4.78, 5) is 6.63. The minimum Gasteiger partial charge on any atom is -0.506 e. The Balaban J connectivity index is 1.72. The normalized spacial score (nSPS) is 17.8. The number of anilines is 1. The van der Waals surface area contributed by atoms with Crippen molar-refractivity contribution in [3.05, 3.63) is 106 Å². The quantitative estimate of drug-likeness (QED) is 0.328. The molecule has 2 atom stereocenters. The van der Waals surface area contributed by atoms with Gasteiger partial charge in [0.25, 0.3) is 0 Å². The highest BCUT2D eigenvalue weighted by atomic mass is 35.5. The number of nitrogens with one attached hydrogen (secondary N) is 1. The zero-order valence-corrected chi connectivity index (χ0v) is 20.7. The summed E-state index contributed by atoms with van der Waals surface area (Å²) in [5.41, 5.74) is 6.89. The van der Waals surface area contributed by atoms with Crippen LogP contribution in [0.25, 0.3) is 5.69 Å². The summed E-state index contributed by atoms with van der Waals surface area (Å²) < 4.78 is 2.23. The standard InChI is InChI=1S/C27H25ClN4OS/c1-16-15-19(18(3)31(16)22-12-8-9-20(28)17(22)2)26-25(21-10-6-7-14-29-21)30-27(34)32(26)23-11-4-5-13-24(23)33/h4-15,25-26,33H,1-3H3,(H,30,34)/t25-,26-/m0/s1. The van der Waals surface area contributed by atoms with Gasteiger partial charge in [0.2, 0.25) is 0 Å². The van der Waals surface area contributed by atoms with Crippen LogP contribution in [0.1, 0.15) is 40.3 Å². The molecule has 34 heavy (non-hydrogen) atoms. The predicted molar refractivity (Wildman–Crippen MR) is 141 cm³/mol. The van der Waals surface area contributed by atoms with Crippen molar-refractivity contribution in [3.8, 4) is 11.4 Å². The number of pyridine rings is 1. The van der Waals surface area contributed by atoms with Crippen molar-refractivity contribution in [1.82, 2.24) is 14.9 Å². The van der Waals surface area contributed by atoms with Crippen molar-refractivity contribution in [2.24, 2.45) is 0 Å². The van der Waals surface area contributed by atoms with Gasteiger partial charge in [-0.25, -0.2) is 0 Å². The topological polar surface area (TPSA) is 53.3 Å². The molecule has 3 heterocycles. The minimum atomic E-state index is -0.213. The molecule has 1 aliphatic rings. The van der Waals surface area contributed by atoms with Crippen molar-refractivity contribution in [2.45, 2.75) is 32.9 Å². The van der Waals surface area contributed by atoms with Gasteiger partial charge in [0.15, 0.2) is 5.11 Å². The molecule has 1 saturated heterocycles. The second-order valence-electron chi connectivity index (χ2n) is 8.53. The van der Waals surface area contributed by atoms with Crippen LogP contribution in [0.2, 0.25) is 5.02 Å². The Hall–Kier alpha value is -3.35. The van der Waals surface area contributed by atoms with Crippen LogP contribution in [0, 0.1) is 20.8 Å². The van der Waals surface area contributed by atoms with Crippen molar-refractivity contribution in [3.63, 3.8) is 0 Å². The number of hydrogen-bond acceptors (Lipinski definition) is 3. The number of rotatable bonds is 4. The molecule has 1 aliphatic heterocycles. The zero-order chi connectivity index (χ0) is 24.0. The number of aryl methyl sites for hydroxylation is 1. The van der Waals surface area contributed by atoms with E-state index in [0.717, 1.165) is 38.9 Å². The third-order valence-electron chi connectivity index (χ3n) is 6.51. The summed E-state index contributed by atoms with van der Waals surface area (Å²) in [5, 5.41) is 15.5. The fourth-order valence-electron chi connectivity index (χ4n) is 4.89. The first kappa shape index (κ1) is 22.4. The molecule has 0 unspecified atom stereocenters. The molecule has 172 valence electrons. The molecule has 2 aromatic heterocycles. The summed E-state index contributed by atoms with van der Waals surface area (Å²) in [6, 6.07) is 20.9. The van der Waals surface area contributed by atoms with Crippen LogP contribution in [0.5, 0.6) is 5.75 Å². The number of hydrogen-bond donors (Lipinski definition) is 2. The van der Waals surface area contributed by atoms with E-state index in [9.17, 15) is 5.11 Å². The highest BCUT2D eigenvalue weighted by molar-refractivity contribution is 7.80. The Bertz CT molecular complexity index is 1380. The third-order valence-corrected chi connectivity index (χ3v) is 7.23. The maximum Gasteiger partial charge on any atom is 0.174 e. The van der Waals surface area contributed by atoms with Crippen LogP contribution >= 0.6 is 23.8 Å². The molecule has 5 nitrogen and oxygen atoms in total. The number of nitrogens with zero attached hydrogens (tertiary/aromatic N) is 3. The molecule has 2 aromatic carbocycles. The third kappa shape index (κ3) is 3.63. The lowest BCUT2D eigenvalue weighted by Gasteiger charge is -2.28. The first-order valence-corrected chi connectivity index (χ1v) is 11.9. The number of benzene rings is 2. The summed E-state index contributed by atoms with van der Waals surface area (Å²) in [5.74, 6) is 0.179. The Labute approximate surface area is 209 Å². The molecular weight excluding hydrogens is 464 g/mol. The van der Waals surface area contributed by atoms with Crippen LogP contribution in [0.4, 0.5) is 5.69 Å². The van der Waals surface area contributed by atoms with Gasteiger partial charge in [-0.3, -0.25) is 4.98 Å². The molecule has 2 N–H and O–H groups in total. The Morgan fingerprint density at radius 2 is 1.71 bits per heavy atom. The molecule has 0 saturated carbocycles. The Morgan fingerprint density at radius 1 is 0.971 bits per heavy atom. The number of phenolic OH excluding ortho intramolecular Hbond substituents is 1. The van der Waals surface area contributed by atoms with E-state index in [1.807, 2.05) is 60.4 Å². The van der Waals surface area contributed by atoms with E-state index in [1.165, 1.54) is 0 Å². The molecule has 0 amide bonds. The van der Waals surface area contributed by atoms with E-state index in [-0.39, 0.29) is 17.8 Å². The van der Waals surface area contributed by atoms with Gasteiger partial charge in [-0.15, -0.1) is 0 Å². The van der Waals surface area contributed by atoms with E-state index in [4.69, 9.17) is 23.8 Å². The number of aromatic hydroxyl groups is 1. The Kier molecular flexibility index (Phi) is 5.80. The van der Waals surface area contributed by atoms with Gasteiger partial charge >= 0.3 is 0 Å². The maximum absolute atomic E-state index is 10.7. The summed E-state index contributed by atoms with van der Waals surface area (Å²) in [7, 11) is 0. The molecule has 7 heteroatoms. The van der Waals surface area contributed by atoms with Gasteiger partial charge in [0.05, 0.1) is 23.5 Å². The molecule has 0 spiro atoms. The lowest BCUT2D eigenvalue weighted by atomic mass is 9.96. The van der Waals surface area contributed by atoms with Gasteiger partial charge in [-0.1, -0.05) is 35.9 Å². The second-order valence-corrected chi connectivity index (χ2v) is 9.33. The summed E-state index contributed by atoms with van der Waals surface area (Å²) >= 11 is 12.3. The molecule has 0 radical (unpaired) electrons. The number of para-hydroxylation sites is 2. The van der Waals surface area contributed by atoms with Gasteiger partial charge < -0.3 is 19.9 Å². The summed E-state index contributed by atoms with van der Waals surface area (Å²) in [6.45, 7) is 6.24. The lowest BCUT2D eigenvalue weighted by molar-refractivity contribution is 0.472. The van der Waals surface area contributed by atoms with E-state index in [0.29, 0.717) is 10.8 Å².